The summed E-state index contributed by atoms with van der Waals surface area (Å²) in [5, 5.41) is 11.5. The van der Waals surface area contributed by atoms with Crippen molar-refractivity contribution in [1.29, 1.82) is 5.26 Å². The number of alkyl halides is 1. The van der Waals surface area contributed by atoms with E-state index in [2.05, 4.69) is 22.0 Å². The number of nitriles is 1. The molecule has 0 atom stereocenters. The third kappa shape index (κ3) is 2.07. The maximum absolute atomic E-state index is 13.1. The van der Waals surface area contributed by atoms with Gasteiger partial charge in [-0.2, -0.15) is 5.26 Å². The van der Waals surface area contributed by atoms with E-state index in [-0.39, 0.29) is 5.82 Å². The zero-order valence-corrected chi connectivity index (χ0v) is 10.1. The molecule has 2 rings (SSSR count). The molecule has 0 heterocycles. The highest BCUT2D eigenvalue weighted by molar-refractivity contribution is 9.09. The molecule has 0 unspecified atom stereocenters. The average Bonchev–Trinajstić information content (AvgIpc) is 2.28. The predicted octanol–water partition coefficient (Wildman–Crippen LogP) is 3.79. The van der Waals surface area contributed by atoms with Crippen molar-refractivity contribution in [3.8, 4) is 6.07 Å². The summed E-state index contributed by atoms with van der Waals surface area (Å²) in [7, 11) is 0. The van der Waals surface area contributed by atoms with Crippen LogP contribution in [0.25, 0.3) is 10.8 Å². The maximum atomic E-state index is 13.1. The summed E-state index contributed by atoms with van der Waals surface area (Å²) >= 11 is 3.38. The quantitative estimate of drug-likeness (QED) is 0.767. The van der Waals surface area contributed by atoms with Crippen molar-refractivity contribution in [2.75, 3.05) is 5.33 Å². The van der Waals surface area contributed by atoms with Gasteiger partial charge in [-0.05, 0) is 47.0 Å². The Labute approximate surface area is 102 Å². The van der Waals surface area contributed by atoms with Crippen LogP contribution in [0.5, 0.6) is 0 Å². The number of aryl methyl sites for hydroxylation is 1. The molecule has 2 aromatic carbocycles. The second-order valence-corrected chi connectivity index (χ2v) is 4.34. The minimum atomic E-state index is -0.271. The van der Waals surface area contributed by atoms with Crippen LogP contribution >= 0.6 is 15.9 Å². The Morgan fingerprint density at radius 2 is 2.06 bits per heavy atom. The number of nitrogens with zero attached hydrogens (tertiary/aromatic N) is 1. The van der Waals surface area contributed by atoms with Gasteiger partial charge in [-0.3, -0.25) is 0 Å². The molecular formula is C13H9BrFN. The minimum Gasteiger partial charge on any atom is -0.207 e. The van der Waals surface area contributed by atoms with Crippen molar-refractivity contribution in [3.63, 3.8) is 0 Å². The van der Waals surface area contributed by atoms with Crippen molar-refractivity contribution >= 4 is 26.7 Å². The van der Waals surface area contributed by atoms with E-state index in [1.807, 2.05) is 6.07 Å². The molecular weight excluding hydrogens is 269 g/mol. The van der Waals surface area contributed by atoms with Crippen molar-refractivity contribution < 1.29 is 4.39 Å². The van der Waals surface area contributed by atoms with Gasteiger partial charge < -0.3 is 0 Å². The van der Waals surface area contributed by atoms with Gasteiger partial charge in [-0.1, -0.05) is 22.0 Å². The molecule has 0 saturated carbocycles. The Morgan fingerprint density at radius 1 is 1.25 bits per heavy atom. The fraction of sp³-hybridized carbons (Fsp3) is 0.154. The van der Waals surface area contributed by atoms with Crippen LogP contribution in [0.1, 0.15) is 11.1 Å². The van der Waals surface area contributed by atoms with Crippen LogP contribution in [0, 0.1) is 17.1 Å². The highest BCUT2D eigenvalue weighted by Gasteiger charge is 2.04. The third-order valence-electron chi connectivity index (χ3n) is 2.49. The lowest BCUT2D eigenvalue weighted by atomic mass is 9.99. The second-order valence-electron chi connectivity index (χ2n) is 3.55. The van der Waals surface area contributed by atoms with E-state index in [0.717, 1.165) is 28.1 Å². The summed E-state index contributed by atoms with van der Waals surface area (Å²) in [4.78, 5) is 0. The lowest BCUT2D eigenvalue weighted by molar-refractivity contribution is 0.629. The van der Waals surface area contributed by atoms with E-state index in [1.54, 1.807) is 12.1 Å². The molecule has 0 fully saturated rings. The number of hydrogen-bond donors (Lipinski definition) is 0. The molecule has 0 aliphatic rings. The second kappa shape index (κ2) is 4.63. The van der Waals surface area contributed by atoms with E-state index in [4.69, 9.17) is 5.26 Å². The lowest BCUT2D eigenvalue weighted by Crippen LogP contribution is -1.91. The summed E-state index contributed by atoms with van der Waals surface area (Å²) < 4.78 is 13.1. The van der Waals surface area contributed by atoms with Crippen LogP contribution in [-0.4, -0.2) is 5.33 Å². The maximum Gasteiger partial charge on any atom is 0.123 e. The summed E-state index contributed by atoms with van der Waals surface area (Å²) in [6.45, 7) is 0. The van der Waals surface area contributed by atoms with Gasteiger partial charge in [0.2, 0.25) is 0 Å². The van der Waals surface area contributed by atoms with Gasteiger partial charge in [0.25, 0.3) is 0 Å². The Bertz CT molecular complexity index is 572. The Hall–Kier alpha value is -1.40. The molecule has 0 saturated heterocycles. The Morgan fingerprint density at radius 3 is 2.75 bits per heavy atom. The third-order valence-corrected chi connectivity index (χ3v) is 2.89. The van der Waals surface area contributed by atoms with Crippen LogP contribution in [0.4, 0.5) is 4.39 Å². The molecule has 0 aliphatic carbocycles. The smallest absolute Gasteiger partial charge is 0.123 e. The zero-order valence-electron chi connectivity index (χ0n) is 8.50. The highest BCUT2D eigenvalue weighted by Crippen LogP contribution is 2.23. The fourth-order valence-electron chi connectivity index (χ4n) is 1.79. The van der Waals surface area contributed by atoms with Crippen molar-refractivity contribution in [2.24, 2.45) is 0 Å². The molecule has 0 radical (unpaired) electrons. The van der Waals surface area contributed by atoms with Gasteiger partial charge in [-0.15, -0.1) is 0 Å². The standard InChI is InChI=1S/C13H9BrFN/c14-4-3-10-5-9(8-16)6-11-7-12(15)1-2-13(10)11/h1-2,5-7H,3-4H2. The van der Waals surface area contributed by atoms with Gasteiger partial charge in [0, 0.05) is 5.33 Å². The molecule has 1 nitrogen and oxygen atoms in total. The summed E-state index contributed by atoms with van der Waals surface area (Å²) in [6.07, 6.45) is 0.831. The molecule has 0 aromatic heterocycles. The molecule has 0 aliphatic heterocycles. The first-order valence-corrected chi connectivity index (χ1v) is 6.05. The average molecular weight is 278 g/mol. The van der Waals surface area contributed by atoms with Crippen LogP contribution < -0.4 is 0 Å². The number of halogens is 2. The minimum absolute atomic E-state index is 0.271. The van der Waals surface area contributed by atoms with E-state index in [1.165, 1.54) is 12.1 Å². The first-order chi connectivity index (χ1) is 7.74. The van der Waals surface area contributed by atoms with Crippen molar-refractivity contribution in [2.45, 2.75) is 6.42 Å². The number of hydrogen-bond acceptors (Lipinski definition) is 1. The van der Waals surface area contributed by atoms with Crippen LogP contribution in [-0.2, 0) is 6.42 Å². The SMILES string of the molecule is N#Cc1cc(CCBr)c2ccc(F)cc2c1. The molecule has 2 aromatic rings. The Balaban J connectivity index is 2.72. The van der Waals surface area contributed by atoms with Crippen LogP contribution in [0.2, 0.25) is 0 Å². The summed E-state index contributed by atoms with van der Waals surface area (Å²) in [5.74, 6) is -0.271. The van der Waals surface area contributed by atoms with E-state index >= 15 is 0 Å². The van der Waals surface area contributed by atoms with Crippen LogP contribution in [0.3, 0.4) is 0 Å². The van der Waals surface area contributed by atoms with E-state index < -0.39 is 0 Å². The molecule has 0 amide bonds. The van der Waals surface area contributed by atoms with Gasteiger partial charge in [0.05, 0.1) is 11.6 Å². The molecule has 0 spiro atoms. The Kier molecular flexibility index (Phi) is 3.21. The number of rotatable bonds is 2. The van der Waals surface area contributed by atoms with Crippen LogP contribution in [0.15, 0.2) is 30.3 Å². The molecule has 3 heteroatoms. The summed E-state index contributed by atoms with van der Waals surface area (Å²) in [5.41, 5.74) is 1.65. The molecule has 0 N–H and O–H groups in total. The first-order valence-electron chi connectivity index (χ1n) is 4.93. The van der Waals surface area contributed by atoms with E-state index in [0.29, 0.717) is 5.56 Å². The highest BCUT2D eigenvalue weighted by atomic mass is 79.9. The van der Waals surface area contributed by atoms with Crippen molar-refractivity contribution in [3.05, 3.63) is 47.3 Å². The van der Waals surface area contributed by atoms with Crippen molar-refractivity contribution in [1.82, 2.24) is 0 Å². The van der Waals surface area contributed by atoms with Gasteiger partial charge >= 0.3 is 0 Å². The first kappa shape index (κ1) is 11.1. The topological polar surface area (TPSA) is 23.8 Å². The van der Waals surface area contributed by atoms with Gasteiger partial charge in [-0.25, -0.2) is 4.39 Å². The number of benzene rings is 2. The molecule has 80 valence electrons. The fourth-order valence-corrected chi connectivity index (χ4v) is 2.22. The van der Waals surface area contributed by atoms with E-state index in [9.17, 15) is 4.39 Å². The lowest BCUT2D eigenvalue weighted by Gasteiger charge is -2.06. The monoisotopic (exact) mass is 277 g/mol. The molecule has 16 heavy (non-hydrogen) atoms. The molecule has 0 bridgehead atoms. The largest absolute Gasteiger partial charge is 0.207 e. The summed E-state index contributed by atoms with van der Waals surface area (Å²) in [6, 6.07) is 10.4. The van der Waals surface area contributed by atoms with Gasteiger partial charge in [0.15, 0.2) is 0 Å². The van der Waals surface area contributed by atoms with Gasteiger partial charge in [0.1, 0.15) is 5.82 Å². The normalized spacial score (nSPS) is 10.3. The predicted molar refractivity (Wildman–Crippen MR) is 66.1 cm³/mol. The number of fused-ring (bicyclic) bond motifs is 1. The zero-order chi connectivity index (χ0) is 11.5.